The molecule has 5 heterocycles. The summed E-state index contributed by atoms with van der Waals surface area (Å²) in [4.78, 5) is 28.0. The van der Waals surface area contributed by atoms with E-state index in [9.17, 15) is 4.79 Å². The Bertz CT molecular complexity index is 894. The van der Waals surface area contributed by atoms with Gasteiger partial charge in [0.15, 0.2) is 5.82 Å². The Balaban J connectivity index is 1.25. The molecule has 3 aliphatic heterocycles. The van der Waals surface area contributed by atoms with Gasteiger partial charge in [-0.05, 0) is 19.9 Å². The van der Waals surface area contributed by atoms with E-state index in [1.54, 1.807) is 6.33 Å². The van der Waals surface area contributed by atoms with E-state index in [0.29, 0.717) is 38.1 Å². The van der Waals surface area contributed by atoms with Crippen LogP contribution >= 0.6 is 0 Å². The predicted molar refractivity (Wildman–Crippen MR) is 107 cm³/mol. The van der Waals surface area contributed by atoms with Crippen LogP contribution in [0.4, 0.5) is 10.6 Å². The van der Waals surface area contributed by atoms with Crippen LogP contribution in [0, 0.1) is 25.7 Å². The van der Waals surface area contributed by atoms with E-state index in [1.165, 1.54) is 0 Å². The fourth-order valence-electron chi connectivity index (χ4n) is 4.78. The number of amides is 2. The summed E-state index contributed by atoms with van der Waals surface area (Å²) < 4.78 is 7.22. The lowest BCUT2D eigenvalue weighted by atomic mass is 10.0. The second-order valence-corrected chi connectivity index (χ2v) is 8.29. The van der Waals surface area contributed by atoms with Crippen molar-refractivity contribution in [2.24, 2.45) is 11.8 Å². The van der Waals surface area contributed by atoms with E-state index in [2.05, 4.69) is 20.0 Å². The molecule has 0 radical (unpaired) electrons. The van der Waals surface area contributed by atoms with Gasteiger partial charge in [-0.3, -0.25) is 0 Å². The number of likely N-dealkylation sites (tertiary alicyclic amines) is 1. The Morgan fingerprint density at radius 3 is 2.31 bits per heavy atom. The predicted octanol–water partition coefficient (Wildman–Crippen LogP) is 1.10. The third-order valence-electron chi connectivity index (χ3n) is 6.23. The van der Waals surface area contributed by atoms with E-state index in [1.807, 2.05) is 40.5 Å². The third-order valence-corrected chi connectivity index (χ3v) is 6.23. The highest BCUT2D eigenvalue weighted by molar-refractivity contribution is 5.75. The Kier molecular flexibility index (Phi) is 4.61. The molecular formula is C20H27N7O2. The van der Waals surface area contributed by atoms with Crippen LogP contribution in [0.5, 0.6) is 0 Å². The largest absolute Gasteiger partial charge is 0.378 e. The molecule has 5 rings (SSSR count). The van der Waals surface area contributed by atoms with Crippen molar-refractivity contribution in [2.75, 3.05) is 57.4 Å². The zero-order chi connectivity index (χ0) is 20.0. The van der Waals surface area contributed by atoms with Gasteiger partial charge >= 0.3 is 6.03 Å². The van der Waals surface area contributed by atoms with E-state index < -0.39 is 0 Å². The number of fused-ring (bicyclic) bond motifs is 1. The van der Waals surface area contributed by atoms with Gasteiger partial charge in [0.25, 0.3) is 0 Å². The Morgan fingerprint density at radius 1 is 0.966 bits per heavy atom. The van der Waals surface area contributed by atoms with Crippen molar-refractivity contribution in [3.8, 4) is 5.82 Å². The maximum Gasteiger partial charge on any atom is 0.320 e. The second kappa shape index (κ2) is 7.29. The van der Waals surface area contributed by atoms with Crippen molar-refractivity contribution in [1.29, 1.82) is 0 Å². The summed E-state index contributed by atoms with van der Waals surface area (Å²) in [7, 11) is 0. The zero-order valence-corrected chi connectivity index (χ0v) is 17.0. The Hall–Kier alpha value is -2.68. The number of aryl methyl sites for hydroxylation is 2. The van der Waals surface area contributed by atoms with Crippen LogP contribution < -0.4 is 4.90 Å². The molecule has 2 unspecified atom stereocenters. The number of morpholine rings is 1. The first-order valence-corrected chi connectivity index (χ1v) is 10.3. The third kappa shape index (κ3) is 3.43. The lowest BCUT2D eigenvalue weighted by Gasteiger charge is -2.31. The van der Waals surface area contributed by atoms with Crippen LogP contribution in [0.2, 0.25) is 0 Å². The van der Waals surface area contributed by atoms with Gasteiger partial charge in [-0.25, -0.2) is 19.4 Å². The quantitative estimate of drug-likeness (QED) is 0.755. The highest BCUT2D eigenvalue weighted by Crippen LogP contribution is 2.34. The molecule has 0 spiro atoms. The van der Waals surface area contributed by atoms with Gasteiger partial charge in [0.1, 0.15) is 12.1 Å². The molecule has 3 saturated heterocycles. The van der Waals surface area contributed by atoms with Crippen molar-refractivity contribution in [3.05, 3.63) is 29.8 Å². The van der Waals surface area contributed by atoms with Gasteiger partial charge < -0.3 is 19.4 Å². The molecule has 0 aliphatic carbocycles. The van der Waals surface area contributed by atoms with E-state index in [-0.39, 0.29) is 6.03 Å². The number of hydrogen-bond acceptors (Lipinski definition) is 6. The molecule has 3 aliphatic rings. The molecule has 0 saturated carbocycles. The summed E-state index contributed by atoms with van der Waals surface area (Å²) in [5.41, 5.74) is 2.03. The number of carbonyl (C=O) groups excluding carboxylic acids is 1. The fraction of sp³-hybridized carbons (Fsp3) is 0.600. The molecule has 29 heavy (non-hydrogen) atoms. The molecule has 2 amide bonds. The molecule has 2 aromatic heterocycles. The average molecular weight is 397 g/mol. The van der Waals surface area contributed by atoms with Gasteiger partial charge in [-0.15, -0.1) is 0 Å². The molecule has 0 N–H and O–H groups in total. The first-order chi connectivity index (χ1) is 14.1. The summed E-state index contributed by atoms with van der Waals surface area (Å²) in [6, 6.07) is 4.22. The minimum atomic E-state index is 0.170. The highest BCUT2D eigenvalue weighted by Gasteiger charge is 2.43. The Labute approximate surface area is 170 Å². The zero-order valence-electron chi connectivity index (χ0n) is 17.0. The van der Waals surface area contributed by atoms with E-state index in [4.69, 9.17) is 4.74 Å². The van der Waals surface area contributed by atoms with Gasteiger partial charge in [0, 0.05) is 62.9 Å². The van der Waals surface area contributed by atoms with E-state index in [0.717, 1.165) is 49.2 Å². The average Bonchev–Trinajstić information content (AvgIpc) is 3.41. The van der Waals surface area contributed by atoms with Gasteiger partial charge in [-0.1, -0.05) is 0 Å². The number of carbonyl (C=O) groups is 1. The van der Waals surface area contributed by atoms with Crippen LogP contribution in [0.3, 0.4) is 0 Å². The topological polar surface area (TPSA) is 79.6 Å². The van der Waals surface area contributed by atoms with Crippen molar-refractivity contribution in [3.63, 3.8) is 0 Å². The number of nitrogens with zero attached hydrogens (tertiary/aromatic N) is 7. The monoisotopic (exact) mass is 397 g/mol. The molecule has 0 bridgehead atoms. The summed E-state index contributed by atoms with van der Waals surface area (Å²) in [6.45, 7) is 10.2. The second-order valence-electron chi connectivity index (χ2n) is 8.29. The maximum atomic E-state index is 12.8. The number of urea groups is 1. The summed E-state index contributed by atoms with van der Waals surface area (Å²) >= 11 is 0. The molecular weight excluding hydrogens is 370 g/mol. The lowest BCUT2D eigenvalue weighted by Crippen LogP contribution is -2.48. The minimum Gasteiger partial charge on any atom is -0.378 e. The SMILES string of the molecule is Cc1cc(C)n(-c2cc(N3CC4CN(C(=O)N5CCOCC5)CC4C3)ncn2)n1. The van der Waals surface area contributed by atoms with Crippen LogP contribution in [-0.4, -0.2) is 88.1 Å². The lowest BCUT2D eigenvalue weighted by molar-refractivity contribution is 0.0447. The van der Waals surface area contributed by atoms with Crippen LogP contribution in [-0.2, 0) is 4.74 Å². The molecule has 9 nitrogen and oxygen atoms in total. The van der Waals surface area contributed by atoms with Crippen LogP contribution in [0.1, 0.15) is 11.4 Å². The van der Waals surface area contributed by atoms with Crippen molar-refractivity contribution >= 4 is 11.8 Å². The fourth-order valence-corrected chi connectivity index (χ4v) is 4.78. The van der Waals surface area contributed by atoms with E-state index >= 15 is 0 Å². The number of rotatable bonds is 2. The minimum absolute atomic E-state index is 0.170. The number of ether oxygens (including phenoxy) is 1. The molecule has 0 aromatic carbocycles. The summed E-state index contributed by atoms with van der Waals surface area (Å²) in [5.74, 6) is 2.71. The number of anilines is 1. The van der Waals surface area contributed by atoms with Crippen LogP contribution in [0.25, 0.3) is 5.82 Å². The molecule has 2 atom stereocenters. The molecule has 154 valence electrons. The van der Waals surface area contributed by atoms with Gasteiger partial charge in [-0.2, -0.15) is 5.10 Å². The smallest absolute Gasteiger partial charge is 0.320 e. The normalized spacial score (nSPS) is 24.3. The highest BCUT2D eigenvalue weighted by atomic mass is 16.5. The summed E-state index contributed by atoms with van der Waals surface area (Å²) in [5, 5.41) is 4.53. The van der Waals surface area contributed by atoms with Crippen molar-refractivity contribution in [1.82, 2.24) is 29.5 Å². The molecule has 3 fully saturated rings. The Morgan fingerprint density at radius 2 is 1.66 bits per heavy atom. The summed E-state index contributed by atoms with van der Waals surface area (Å²) in [6.07, 6.45) is 1.61. The number of aromatic nitrogens is 4. The standard InChI is InChI=1S/C20H27N7O2/c1-14-7-15(2)27(23-14)19-8-18(21-13-22-19)25-9-16-11-26(12-17(16)10-25)20(28)24-3-5-29-6-4-24/h7-8,13,16-17H,3-6,9-12H2,1-2H3. The first-order valence-electron chi connectivity index (χ1n) is 10.3. The maximum absolute atomic E-state index is 12.8. The van der Waals surface area contributed by atoms with Crippen molar-refractivity contribution in [2.45, 2.75) is 13.8 Å². The van der Waals surface area contributed by atoms with Crippen LogP contribution in [0.15, 0.2) is 18.5 Å². The van der Waals surface area contributed by atoms with Gasteiger partial charge in [0.2, 0.25) is 0 Å². The first kappa shape index (κ1) is 18.4. The molecule has 9 heteroatoms. The molecule has 2 aromatic rings. The van der Waals surface area contributed by atoms with Crippen molar-refractivity contribution < 1.29 is 9.53 Å². The van der Waals surface area contributed by atoms with Gasteiger partial charge in [0.05, 0.1) is 18.9 Å². The number of hydrogen-bond donors (Lipinski definition) is 0.